The summed E-state index contributed by atoms with van der Waals surface area (Å²) in [6, 6.07) is 12.9. The molecule has 7 heteroatoms. The highest BCUT2D eigenvalue weighted by molar-refractivity contribution is 5.91. The van der Waals surface area contributed by atoms with Crippen molar-refractivity contribution < 1.29 is 22.7 Å². The molecule has 2 aromatic rings. The first-order valence-electron chi connectivity index (χ1n) is 9.41. The number of alkyl halides is 3. The van der Waals surface area contributed by atoms with Crippen molar-refractivity contribution in [3.8, 4) is 0 Å². The van der Waals surface area contributed by atoms with E-state index in [2.05, 4.69) is 10.2 Å². The zero-order chi connectivity index (χ0) is 20.7. The Morgan fingerprint density at radius 1 is 1.07 bits per heavy atom. The van der Waals surface area contributed by atoms with E-state index in [4.69, 9.17) is 4.74 Å². The molecule has 0 atom stereocenters. The molecular weight excluding hydrogens is 381 g/mol. The number of hydrogen-bond acceptors (Lipinski definition) is 3. The molecule has 0 aromatic heterocycles. The van der Waals surface area contributed by atoms with E-state index in [-0.39, 0.29) is 5.91 Å². The van der Waals surface area contributed by atoms with Gasteiger partial charge < -0.3 is 10.1 Å². The summed E-state index contributed by atoms with van der Waals surface area (Å²) in [5.41, 5.74) is 1.74. The van der Waals surface area contributed by atoms with Gasteiger partial charge in [-0.15, -0.1) is 0 Å². The summed E-state index contributed by atoms with van der Waals surface area (Å²) in [4.78, 5) is 14.3. The van der Waals surface area contributed by atoms with E-state index in [1.807, 2.05) is 24.3 Å². The van der Waals surface area contributed by atoms with E-state index in [9.17, 15) is 18.0 Å². The van der Waals surface area contributed by atoms with Gasteiger partial charge in [0.15, 0.2) is 0 Å². The molecule has 0 radical (unpaired) electrons. The van der Waals surface area contributed by atoms with Gasteiger partial charge in [-0.05, 0) is 34.9 Å². The third kappa shape index (κ3) is 6.73. The Kier molecular flexibility index (Phi) is 7.06. The molecule has 0 aliphatic carbocycles. The van der Waals surface area contributed by atoms with E-state index in [1.54, 1.807) is 0 Å². The molecule has 154 valence electrons. The van der Waals surface area contributed by atoms with Crippen molar-refractivity contribution in [2.75, 3.05) is 26.3 Å². The summed E-state index contributed by atoms with van der Waals surface area (Å²) in [7, 11) is 0. The number of carbonyl (C=O) groups is 1. The summed E-state index contributed by atoms with van der Waals surface area (Å²) in [5, 5.41) is 2.74. The van der Waals surface area contributed by atoms with Gasteiger partial charge in [-0.1, -0.05) is 36.4 Å². The summed E-state index contributed by atoms with van der Waals surface area (Å²) < 4.78 is 43.5. The van der Waals surface area contributed by atoms with E-state index in [0.717, 1.165) is 50.5 Å². The fourth-order valence-corrected chi connectivity index (χ4v) is 3.02. The second kappa shape index (κ2) is 9.71. The molecule has 1 amide bonds. The molecule has 0 saturated carbocycles. The van der Waals surface area contributed by atoms with Crippen LogP contribution < -0.4 is 5.32 Å². The van der Waals surface area contributed by atoms with Crippen molar-refractivity contribution in [3.63, 3.8) is 0 Å². The van der Waals surface area contributed by atoms with Gasteiger partial charge in [0, 0.05) is 32.3 Å². The maximum Gasteiger partial charge on any atom is 0.416 e. The van der Waals surface area contributed by atoms with Crippen molar-refractivity contribution in [3.05, 3.63) is 76.9 Å². The van der Waals surface area contributed by atoms with E-state index >= 15 is 0 Å². The molecule has 1 saturated heterocycles. The van der Waals surface area contributed by atoms with Crippen LogP contribution in [-0.4, -0.2) is 37.1 Å². The lowest BCUT2D eigenvalue weighted by atomic mass is 10.1. The predicted octanol–water partition coefficient (Wildman–Crippen LogP) is 3.87. The number of halogens is 3. The molecule has 3 rings (SSSR count). The smallest absolute Gasteiger partial charge is 0.379 e. The van der Waals surface area contributed by atoms with Crippen LogP contribution in [0.25, 0.3) is 6.08 Å². The summed E-state index contributed by atoms with van der Waals surface area (Å²) in [6.45, 7) is 4.60. The largest absolute Gasteiger partial charge is 0.416 e. The maximum atomic E-state index is 12.7. The Balaban J connectivity index is 1.48. The minimum Gasteiger partial charge on any atom is -0.379 e. The van der Waals surface area contributed by atoms with Crippen molar-refractivity contribution in [2.45, 2.75) is 19.3 Å². The van der Waals surface area contributed by atoms with E-state index in [0.29, 0.717) is 12.1 Å². The molecule has 2 aromatic carbocycles. The van der Waals surface area contributed by atoms with Crippen LogP contribution in [0.3, 0.4) is 0 Å². The van der Waals surface area contributed by atoms with Crippen LogP contribution in [0.15, 0.2) is 54.6 Å². The number of benzene rings is 2. The highest BCUT2D eigenvalue weighted by Crippen LogP contribution is 2.29. The number of nitrogens with zero attached hydrogens (tertiary/aromatic N) is 1. The number of hydrogen-bond donors (Lipinski definition) is 1. The lowest BCUT2D eigenvalue weighted by Crippen LogP contribution is -2.35. The number of amides is 1. The second-order valence-corrected chi connectivity index (χ2v) is 6.88. The van der Waals surface area contributed by atoms with Crippen molar-refractivity contribution in [2.24, 2.45) is 0 Å². The van der Waals surface area contributed by atoms with Gasteiger partial charge in [-0.2, -0.15) is 13.2 Å². The normalized spacial score (nSPS) is 15.6. The average molecular weight is 404 g/mol. The van der Waals surface area contributed by atoms with Gasteiger partial charge in [0.1, 0.15) is 0 Å². The van der Waals surface area contributed by atoms with Gasteiger partial charge in [0.2, 0.25) is 5.91 Å². The van der Waals surface area contributed by atoms with E-state index in [1.165, 1.54) is 29.8 Å². The highest BCUT2D eigenvalue weighted by atomic mass is 19.4. The molecule has 0 spiro atoms. The van der Waals surface area contributed by atoms with Crippen LogP contribution in [0.4, 0.5) is 13.2 Å². The summed E-state index contributed by atoms with van der Waals surface area (Å²) in [6.07, 6.45) is -1.79. The minimum absolute atomic E-state index is 0.322. The SMILES string of the molecule is O=C(/C=C\c1cccc(C(F)(F)F)c1)NCc1ccc(CN2CCOCC2)cc1. The third-order valence-electron chi connectivity index (χ3n) is 4.64. The lowest BCUT2D eigenvalue weighted by Gasteiger charge is -2.26. The van der Waals surface area contributed by atoms with Crippen LogP contribution in [0, 0.1) is 0 Å². The number of nitrogens with one attached hydrogen (secondary N) is 1. The monoisotopic (exact) mass is 404 g/mol. The Morgan fingerprint density at radius 3 is 2.45 bits per heavy atom. The molecule has 0 unspecified atom stereocenters. The Bertz CT molecular complexity index is 842. The number of ether oxygens (including phenoxy) is 1. The number of carbonyl (C=O) groups excluding carboxylic acids is 1. The quantitative estimate of drug-likeness (QED) is 0.744. The fourth-order valence-electron chi connectivity index (χ4n) is 3.02. The first-order valence-corrected chi connectivity index (χ1v) is 9.41. The van der Waals surface area contributed by atoms with Gasteiger partial charge in [0.05, 0.1) is 18.8 Å². The van der Waals surface area contributed by atoms with Crippen LogP contribution >= 0.6 is 0 Å². The number of rotatable bonds is 6. The molecule has 4 nitrogen and oxygen atoms in total. The number of morpholine rings is 1. The molecule has 29 heavy (non-hydrogen) atoms. The van der Waals surface area contributed by atoms with Crippen LogP contribution in [-0.2, 0) is 28.8 Å². The zero-order valence-electron chi connectivity index (χ0n) is 15.9. The van der Waals surface area contributed by atoms with Crippen molar-refractivity contribution in [1.29, 1.82) is 0 Å². The maximum absolute atomic E-state index is 12.7. The second-order valence-electron chi connectivity index (χ2n) is 6.88. The fraction of sp³-hybridized carbons (Fsp3) is 0.318. The highest BCUT2D eigenvalue weighted by Gasteiger charge is 2.30. The van der Waals surface area contributed by atoms with Crippen LogP contribution in [0.1, 0.15) is 22.3 Å². The summed E-state index contributed by atoms with van der Waals surface area (Å²) >= 11 is 0. The third-order valence-corrected chi connectivity index (χ3v) is 4.64. The molecule has 1 fully saturated rings. The van der Waals surface area contributed by atoms with E-state index < -0.39 is 11.7 Å². The minimum atomic E-state index is -4.40. The Morgan fingerprint density at radius 2 is 1.76 bits per heavy atom. The topological polar surface area (TPSA) is 41.6 Å². The van der Waals surface area contributed by atoms with Crippen molar-refractivity contribution in [1.82, 2.24) is 10.2 Å². The lowest BCUT2D eigenvalue weighted by molar-refractivity contribution is -0.137. The van der Waals surface area contributed by atoms with Gasteiger partial charge in [-0.3, -0.25) is 9.69 Å². The van der Waals surface area contributed by atoms with Gasteiger partial charge in [0.25, 0.3) is 0 Å². The first kappa shape index (κ1) is 21.1. The molecule has 0 bridgehead atoms. The molecule has 1 heterocycles. The molecule has 1 N–H and O–H groups in total. The Hall–Kier alpha value is -2.64. The van der Waals surface area contributed by atoms with Crippen LogP contribution in [0.5, 0.6) is 0 Å². The predicted molar refractivity (Wildman–Crippen MR) is 105 cm³/mol. The standard InChI is InChI=1S/C22H23F3N2O2/c23-22(24,25)20-3-1-2-17(14-20)8-9-21(28)26-15-18-4-6-19(7-5-18)16-27-10-12-29-13-11-27/h1-9,14H,10-13,15-16H2,(H,26,28)/b9-8-. The van der Waals surface area contributed by atoms with Gasteiger partial charge >= 0.3 is 6.18 Å². The average Bonchev–Trinajstić information content (AvgIpc) is 2.72. The zero-order valence-corrected chi connectivity index (χ0v) is 15.9. The molecule has 1 aliphatic heterocycles. The molecule has 1 aliphatic rings. The first-order chi connectivity index (χ1) is 13.9. The van der Waals surface area contributed by atoms with Gasteiger partial charge in [-0.25, -0.2) is 0 Å². The Labute approximate surface area is 168 Å². The van der Waals surface area contributed by atoms with Crippen molar-refractivity contribution >= 4 is 12.0 Å². The summed E-state index contributed by atoms with van der Waals surface area (Å²) in [5.74, 6) is -0.361. The van der Waals surface area contributed by atoms with Crippen LogP contribution in [0.2, 0.25) is 0 Å². The molecular formula is C22H23F3N2O2.